The first-order valence-electron chi connectivity index (χ1n) is 7.31. The predicted molar refractivity (Wildman–Crippen MR) is 77.3 cm³/mol. The summed E-state index contributed by atoms with van der Waals surface area (Å²) in [5, 5.41) is 0. The highest BCUT2D eigenvalue weighted by Gasteiger charge is 2.21. The molecule has 0 N–H and O–H groups in total. The van der Waals surface area contributed by atoms with E-state index in [0.717, 1.165) is 32.7 Å². The Morgan fingerprint density at radius 1 is 1.40 bits per heavy atom. The molecule has 1 aliphatic rings. The highest BCUT2D eigenvalue weighted by Crippen LogP contribution is 2.14. The third-order valence-electron chi connectivity index (χ3n) is 3.45. The first kappa shape index (κ1) is 15.0. The lowest BCUT2D eigenvalue weighted by Gasteiger charge is -2.32. The molecular formula is C16H23NO3. The Hall–Kier alpha value is -1.39. The third-order valence-corrected chi connectivity index (χ3v) is 3.45. The minimum atomic E-state index is -0.128. The predicted octanol–water partition coefficient (Wildman–Crippen LogP) is 2.23. The second kappa shape index (κ2) is 8.02. The van der Waals surface area contributed by atoms with E-state index in [4.69, 9.17) is 9.47 Å². The number of benzene rings is 1. The van der Waals surface area contributed by atoms with E-state index in [1.54, 1.807) is 0 Å². The molecule has 0 amide bonds. The van der Waals surface area contributed by atoms with Gasteiger partial charge in [0.2, 0.25) is 0 Å². The molecule has 1 unspecified atom stereocenters. The largest absolute Gasteiger partial charge is 0.466 e. The van der Waals surface area contributed by atoms with Crippen LogP contribution in [0, 0.1) is 0 Å². The van der Waals surface area contributed by atoms with Crippen LogP contribution >= 0.6 is 0 Å². The van der Waals surface area contributed by atoms with E-state index in [1.807, 2.05) is 13.0 Å². The van der Waals surface area contributed by atoms with Gasteiger partial charge < -0.3 is 9.47 Å². The number of nitrogens with zero attached hydrogens (tertiary/aromatic N) is 1. The molecule has 2 rings (SSSR count). The van der Waals surface area contributed by atoms with Gasteiger partial charge in [-0.1, -0.05) is 30.3 Å². The molecule has 4 nitrogen and oxygen atoms in total. The first-order chi connectivity index (χ1) is 9.78. The minimum absolute atomic E-state index is 0.128. The molecular weight excluding hydrogens is 254 g/mol. The molecule has 1 aromatic rings. The molecule has 0 saturated carbocycles. The summed E-state index contributed by atoms with van der Waals surface area (Å²) >= 11 is 0. The topological polar surface area (TPSA) is 38.8 Å². The summed E-state index contributed by atoms with van der Waals surface area (Å²) in [5.41, 5.74) is 1.32. The van der Waals surface area contributed by atoms with E-state index < -0.39 is 0 Å². The van der Waals surface area contributed by atoms with Crippen LogP contribution in [0.25, 0.3) is 0 Å². The van der Waals surface area contributed by atoms with Crippen molar-refractivity contribution in [2.24, 2.45) is 0 Å². The molecule has 4 heteroatoms. The van der Waals surface area contributed by atoms with Gasteiger partial charge in [-0.05, 0) is 18.9 Å². The monoisotopic (exact) mass is 277 g/mol. The van der Waals surface area contributed by atoms with Gasteiger partial charge in [0.1, 0.15) is 0 Å². The fourth-order valence-electron chi connectivity index (χ4n) is 2.45. The number of morpholine rings is 1. The Morgan fingerprint density at radius 2 is 2.20 bits per heavy atom. The Kier molecular flexibility index (Phi) is 6.02. The Labute approximate surface area is 120 Å². The van der Waals surface area contributed by atoms with Gasteiger partial charge in [-0.2, -0.15) is 0 Å². The van der Waals surface area contributed by atoms with Crippen LogP contribution in [0.5, 0.6) is 0 Å². The Balaban J connectivity index is 1.75. The van der Waals surface area contributed by atoms with E-state index in [9.17, 15) is 4.79 Å². The molecule has 1 aromatic carbocycles. The summed E-state index contributed by atoms with van der Waals surface area (Å²) in [4.78, 5) is 13.8. The lowest BCUT2D eigenvalue weighted by molar-refractivity contribution is -0.144. The molecule has 1 heterocycles. The van der Waals surface area contributed by atoms with Crippen LogP contribution in [-0.4, -0.2) is 43.3 Å². The Bertz CT molecular complexity index is 407. The van der Waals surface area contributed by atoms with Gasteiger partial charge in [-0.15, -0.1) is 0 Å². The maximum Gasteiger partial charge on any atom is 0.305 e. The smallest absolute Gasteiger partial charge is 0.305 e. The van der Waals surface area contributed by atoms with Gasteiger partial charge in [0.25, 0.3) is 0 Å². The van der Waals surface area contributed by atoms with Gasteiger partial charge in [0, 0.05) is 26.1 Å². The zero-order chi connectivity index (χ0) is 14.2. The molecule has 0 aliphatic carbocycles. The highest BCUT2D eigenvalue weighted by atomic mass is 16.5. The maximum absolute atomic E-state index is 11.4. The van der Waals surface area contributed by atoms with Crippen molar-refractivity contribution in [3.8, 4) is 0 Å². The molecule has 1 fully saturated rings. The van der Waals surface area contributed by atoms with Crippen LogP contribution in [0.1, 0.15) is 25.3 Å². The summed E-state index contributed by atoms with van der Waals surface area (Å²) in [6.07, 6.45) is 1.32. The van der Waals surface area contributed by atoms with Crippen LogP contribution in [0.4, 0.5) is 0 Å². The molecule has 0 aromatic heterocycles. The zero-order valence-electron chi connectivity index (χ0n) is 12.1. The molecule has 1 atom stereocenters. The SMILES string of the molecule is CCOC(=O)CCC1CN(Cc2ccccc2)CCO1. The number of carbonyl (C=O) groups excluding carboxylic acids is 1. The quantitative estimate of drug-likeness (QED) is 0.747. The number of hydrogen-bond acceptors (Lipinski definition) is 4. The molecule has 0 radical (unpaired) electrons. The molecule has 0 spiro atoms. The van der Waals surface area contributed by atoms with Gasteiger partial charge in [0.15, 0.2) is 0 Å². The lowest BCUT2D eigenvalue weighted by atomic mass is 10.1. The lowest BCUT2D eigenvalue weighted by Crippen LogP contribution is -2.42. The van der Waals surface area contributed by atoms with Crippen molar-refractivity contribution in [1.29, 1.82) is 0 Å². The Morgan fingerprint density at radius 3 is 2.95 bits per heavy atom. The second-order valence-electron chi connectivity index (χ2n) is 5.06. The van der Waals surface area contributed by atoms with Crippen LogP contribution in [0.2, 0.25) is 0 Å². The van der Waals surface area contributed by atoms with Crippen molar-refractivity contribution in [1.82, 2.24) is 4.90 Å². The van der Waals surface area contributed by atoms with Crippen molar-refractivity contribution in [3.05, 3.63) is 35.9 Å². The van der Waals surface area contributed by atoms with Gasteiger partial charge in [-0.25, -0.2) is 0 Å². The normalized spacial score (nSPS) is 19.8. The maximum atomic E-state index is 11.4. The molecule has 1 saturated heterocycles. The van der Waals surface area contributed by atoms with Crippen molar-refractivity contribution in [2.45, 2.75) is 32.4 Å². The molecule has 110 valence electrons. The van der Waals surface area contributed by atoms with E-state index >= 15 is 0 Å². The third kappa shape index (κ3) is 4.94. The van der Waals surface area contributed by atoms with Crippen LogP contribution in [0.15, 0.2) is 30.3 Å². The summed E-state index contributed by atoms with van der Waals surface area (Å²) in [5.74, 6) is -0.128. The molecule has 1 aliphatic heterocycles. The highest BCUT2D eigenvalue weighted by molar-refractivity contribution is 5.69. The summed E-state index contributed by atoms with van der Waals surface area (Å²) in [7, 11) is 0. The zero-order valence-corrected chi connectivity index (χ0v) is 12.1. The minimum Gasteiger partial charge on any atom is -0.466 e. The van der Waals surface area contributed by atoms with Crippen molar-refractivity contribution in [2.75, 3.05) is 26.3 Å². The van der Waals surface area contributed by atoms with E-state index in [0.29, 0.717) is 13.0 Å². The number of esters is 1. The first-order valence-corrected chi connectivity index (χ1v) is 7.31. The molecule has 0 bridgehead atoms. The standard InChI is InChI=1S/C16H23NO3/c1-2-19-16(18)9-8-15-13-17(10-11-20-15)12-14-6-4-3-5-7-14/h3-7,15H,2,8-13H2,1H3. The van der Waals surface area contributed by atoms with E-state index in [-0.39, 0.29) is 12.1 Å². The number of carbonyl (C=O) groups is 1. The van der Waals surface area contributed by atoms with E-state index in [2.05, 4.69) is 29.2 Å². The molecule has 20 heavy (non-hydrogen) atoms. The van der Waals surface area contributed by atoms with E-state index in [1.165, 1.54) is 5.56 Å². The number of rotatable bonds is 6. The van der Waals surface area contributed by atoms with Crippen molar-refractivity contribution >= 4 is 5.97 Å². The average Bonchev–Trinajstić information content (AvgIpc) is 2.47. The van der Waals surface area contributed by atoms with Crippen molar-refractivity contribution < 1.29 is 14.3 Å². The van der Waals surface area contributed by atoms with Gasteiger partial charge in [0.05, 0.1) is 19.3 Å². The van der Waals surface area contributed by atoms with Crippen LogP contribution in [-0.2, 0) is 20.8 Å². The van der Waals surface area contributed by atoms with Gasteiger partial charge >= 0.3 is 5.97 Å². The number of hydrogen-bond donors (Lipinski definition) is 0. The fourth-order valence-corrected chi connectivity index (χ4v) is 2.45. The number of ether oxygens (including phenoxy) is 2. The summed E-state index contributed by atoms with van der Waals surface area (Å²) in [6.45, 7) is 5.79. The summed E-state index contributed by atoms with van der Waals surface area (Å²) < 4.78 is 10.7. The van der Waals surface area contributed by atoms with Gasteiger partial charge in [-0.3, -0.25) is 9.69 Å². The fraction of sp³-hybridized carbons (Fsp3) is 0.562. The van der Waals surface area contributed by atoms with Crippen molar-refractivity contribution in [3.63, 3.8) is 0 Å². The van der Waals surface area contributed by atoms with Crippen LogP contribution in [0.3, 0.4) is 0 Å². The second-order valence-corrected chi connectivity index (χ2v) is 5.06. The summed E-state index contributed by atoms with van der Waals surface area (Å²) in [6, 6.07) is 10.4. The average molecular weight is 277 g/mol. The van der Waals surface area contributed by atoms with Crippen LogP contribution < -0.4 is 0 Å².